The fourth-order valence-corrected chi connectivity index (χ4v) is 3.21. The molecule has 7 heteroatoms. The first-order chi connectivity index (χ1) is 13.5. The number of ether oxygens (including phenoxy) is 2. The van der Waals surface area contributed by atoms with Crippen molar-refractivity contribution >= 4 is 17.7 Å². The van der Waals surface area contributed by atoms with E-state index in [1.54, 1.807) is 7.05 Å². The Morgan fingerprint density at radius 2 is 1.93 bits per heavy atom. The number of fused-ring (bicyclic) bond motifs is 1. The molecule has 156 valence electrons. The number of esters is 1. The lowest BCUT2D eigenvalue weighted by atomic mass is 9.96. The highest BCUT2D eigenvalue weighted by molar-refractivity contribution is 5.72. The summed E-state index contributed by atoms with van der Waals surface area (Å²) >= 11 is 0. The van der Waals surface area contributed by atoms with Gasteiger partial charge in [-0.05, 0) is 38.1 Å². The average Bonchev–Trinajstić information content (AvgIpc) is 3.11. The number of nitrogens with zero attached hydrogens (tertiary/aromatic N) is 2. The van der Waals surface area contributed by atoms with Gasteiger partial charge in [0.25, 0.3) is 0 Å². The Morgan fingerprint density at radius 1 is 1.18 bits per heavy atom. The summed E-state index contributed by atoms with van der Waals surface area (Å²) < 4.78 is 10.7. The summed E-state index contributed by atoms with van der Waals surface area (Å²) in [5, 5.41) is 3.34. The SMILES string of the molecule is CCN(CC)CCOC(=O)CCC1CNc2cc(OC(=O)N(C)CC)ccc21. The molecule has 0 bridgehead atoms. The summed E-state index contributed by atoms with van der Waals surface area (Å²) in [6, 6.07) is 5.63. The van der Waals surface area contributed by atoms with Gasteiger partial charge in [0.15, 0.2) is 0 Å². The highest BCUT2D eigenvalue weighted by atomic mass is 16.6. The van der Waals surface area contributed by atoms with Gasteiger partial charge in [0.1, 0.15) is 12.4 Å². The molecule has 1 atom stereocenters. The molecule has 0 aliphatic carbocycles. The third kappa shape index (κ3) is 6.12. The van der Waals surface area contributed by atoms with Crippen LogP contribution in [0.15, 0.2) is 18.2 Å². The fraction of sp³-hybridized carbons (Fsp3) is 0.619. The highest BCUT2D eigenvalue weighted by Gasteiger charge is 2.24. The Kier molecular flexibility index (Phi) is 8.57. The van der Waals surface area contributed by atoms with Crippen LogP contribution in [0.2, 0.25) is 0 Å². The zero-order valence-corrected chi connectivity index (χ0v) is 17.5. The predicted octanol–water partition coefficient (Wildman–Crippen LogP) is 3.31. The molecule has 28 heavy (non-hydrogen) atoms. The second-order valence-corrected chi connectivity index (χ2v) is 7.00. The van der Waals surface area contributed by atoms with Crippen LogP contribution in [-0.2, 0) is 9.53 Å². The van der Waals surface area contributed by atoms with Gasteiger partial charge in [0.2, 0.25) is 0 Å². The number of carbonyl (C=O) groups is 2. The van der Waals surface area contributed by atoms with Crippen LogP contribution in [0.3, 0.4) is 0 Å². The van der Waals surface area contributed by atoms with Crippen molar-refractivity contribution in [3.8, 4) is 5.75 Å². The molecule has 0 fully saturated rings. The molecule has 1 aliphatic rings. The van der Waals surface area contributed by atoms with Crippen LogP contribution in [0.4, 0.5) is 10.5 Å². The van der Waals surface area contributed by atoms with Gasteiger partial charge in [0.05, 0.1) is 0 Å². The van der Waals surface area contributed by atoms with E-state index in [2.05, 4.69) is 24.1 Å². The van der Waals surface area contributed by atoms with Gasteiger partial charge in [-0.1, -0.05) is 19.9 Å². The summed E-state index contributed by atoms with van der Waals surface area (Å²) in [6.45, 7) is 10.6. The van der Waals surface area contributed by atoms with E-state index in [9.17, 15) is 9.59 Å². The van der Waals surface area contributed by atoms with Crippen LogP contribution in [0, 0.1) is 0 Å². The minimum Gasteiger partial charge on any atom is -0.464 e. The lowest BCUT2D eigenvalue weighted by Gasteiger charge is -2.17. The van der Waals surface area contributed by atoms with Gasteiger partial charge in [-0.15, -0.1) is 0 Å². The smallest absolute Gasteiger partial charge is 0.414 e. The molecule has 1 unspecified atom stereocenters. The Balaban J connectivity index is 1.81. The maximum atomic E-state index is 12.0. The molecule has 0 spiro atoms. The maximum Gasteiger partial charge on any atom is 0.414 e. The monoisotopic (exact) mass is 391 g/mol. The molecule has 0 saturated heterocycles. The number of hydrogen-bond acceptors (Lipinski definition) is 6. The summed E-state index contributed by atoms with van der Waals surface area (Å²) in [5.74, 6) is 0.634. The quantitative estimate of drug-likeness (QED) is 0.617. The van der Waals surface area contributed by atoms with E-state index in [0.717, 1.165) is 43.9 Å². The van der Waals surface area contributed by atoms with Crippen molar-refractivity contribution in [3.63, 3.8) is 0 Å². The summed E-state index contributed by atoms with van der Waals surface area (Å²) in [5.41, 5.74) is 2.11. The van der Waals surface area contributed by atoms with Crippen LogP contribution in [-0.4, -0.2) is 68.2 Å². The Bertz CT molecular complexity index is 661. The summed E-state index contributed by atoms with van der Waals surface area (Å²) in [7, 11) is 1.70. The Hall–Kier alpha value is -2.28. The van der Waals surface area contributed by atoms with Gasteiger partial charge in [-0.25, -0.2) is 4.79 Å². The molecule has 1 aromatic rings. The Morgan fingerprint density at radius 3 is 2.61 bits per heavy atom. The van der Waals surface area contributed by atoms with E-state index in [1.165, 1.54) is 4.90 Å². The topological polar surface area (TPSA) is 71.1 Å². The molecule has 1 aromatic carbocycles. The molecule has 1 N–H and O–H groups in total. The molecule has 2 rings (SSSR count). The molecule has 0 aromatic heterocycles. The number of rotatable bonds is 10. The van der Waals surface area contributed by atoms with Gasteiger partial charge in [-0.3, -0.25) is 4.79 Å². The van der Waals surface area contributed by atoms with Crippen molar-refractivity contribution in [1.82, 2.24) is 9.80 Å². The molecule has 0 radical (unpaired) electrons. The molecule has 1 amide bonds. The second kappa shape index (κ2) is 10.9. The van der Waals surface area contributed by atoms with Gasteiger partial charge in [-0.2, -0.15) is 0 Å². The number of carbonyl (C=O) groups excluding carboxylic acids is 2. The van der Waals surface area contributed by atoms with Gasteiger partial charge in [0, 0.05) is 50.8 Å². The largest absolute Gasteiger partial charge is 0.464 e. The minimum absolute atomic E-state index is 0.145. The minimum atomic E-state index is -0.371. The second-order valence-electron chi connectivity index (χ2n) is 7.00. The molecule has 1 aliphatic heterocycles. The van der Waals surface area contributed by atoms with E-state index in [-0.39, 0.29) is 18.0 Å². The zero-order chi connectivity index (χ0) is 20.5. The lowest BCUT2D eigenvalue weighted by molar-refractivity contribution is -0.144. The molecule has 0 saturated carbocycles. The molecular formula is C21H33N3O4. The molecular weight excluding hydrogens is 358 g/mol. The third-order valence-electron chi connectivity index (χ3n) is 5.26. The Labute approximate surface area is 168 Å². The number of likely N-dealkylation sites (N-methyl/N-ethyl adjacent to an activating group) is 1. The van der Waals surface area contributed by atoms with Crippen molar-refractivity contribution in [3.05, 3.63) is 23.8 Å². The number of anilines is 1. The first-order valence-corrected chi connectivity index (χ1v) is 10.2. The van der Waals surface area contributed by atoms with Crippen LogP contribution in [0.5, 0.6) is 5.75 Å². The summed E-state index contributed by atoms with van der Waals surface area (Å²) in [6.07, 6.45) is 0.772. The summed E-state index contributed by atoms with van der Waals surface area (Å²) in [4.78, 5) is 27.6. The number of nitrogens with one attached hydrogen (secondary N) is 1. The van der Waals surface area contributed by atoms with E-state index >= 15 is 0 Å². The van der Waals surface area contributed by atoms with E-state index in [0.29, 0.717) is 25.3 Å². The van der Waals surface area contributed by atoms with Gasteiger partial charge >= 0.3 is 12.1 Å². The number of benzene rings is 1. The van der Waals surface area contributed by atoms with Crippen molar-refractivity contribution in [2.24, 2.45) is 0 Å². The van der Waals surface area contributed by atoms with Gasteiger partial charge < -0.3 is 24.6 Å². The van der Waals surface area contributed by atoms with Crippen LogP contribution >= 0.6 is 0 Å². The van der Waals surface area contributed by atoms with E-state index < -0.39 is 0 Å². The van der Waals surface area contributed by atoms with Crippen molar-refractivity contribution in [2.75, 3.05) is 51.7 Å². The molecule has 7 nitrogen and oxygen atoms in total. The zero-order valence-electron chi connectivity index (χ0n) is 17.5. The van der Waals surface area contributed by atoms with E-state index in [4.69, 9.17) is 9.47 Å². The first kappa shape index (κ1) is 22.0. The van der Waals surface area contributed by atoms with Crippen molar-refractivity contribution < 1.29 is 19.1 Å². The van der Waals surface area contributed by atoms with Crippen LogP contribution in [0.1, 0.15) is 45.1 Å². The number of hydrogen-bond donors (Lipinski definition) is 1. The maximum absolute atomic E-state index is 12.0. The average molecular weight is 392 g/mol. The lowest BCUT2D eigenvalue weighted by Crippen LogP contribution is -2.29. The highest BCUT2D eigenvalue weighted by Crippen LogP contribution is 2.36. The standard InChI is InChI=1S/C21H33N3O4/c1-5-23(4)21(26)28-17-9-10-18-16(15-22-19(18)14-17)8-11-20(25)27-13-12-24(6-2)7-3/h9-10,14,16,22H,5-8,11-13,15H2,1-4H3. The van der Waals surface area contributed by atoms with Crippen LogP contribution < -0.4 is 10.1 Å². The van der Waals surface area contributed by atoms with Crippen molar-refractivity contribution in [1.29, 1.82) is 0 Å². The van der Waals surface area contributed by atoms with Crippen LogP contribution in [0.25, 0.3) is 0 Å². The number of amides is 1. The predicted molar refractivity (Wildman–Crippen MR) is 110 cm³/mol. The fourth-order valence-electron chi connectivity index (χ4n) is 3.21. The normalized spacial score (nSPS) is 15.1. The third-order valence-corrected chi connectivity index (χ3v) is 5.26. The first-order valence-electron chi connectivity index (χ1n) is 10.2. The van der Waals surface area contributed by atoms with Crippen molar-refractivity contribution in [2.45, 2.75) is 39.5 Å². The van der Waals surface area contributed by atoms with E-state index in [1.807, 2.05) is 25.1 Å². The molecule has 1 heterocycles.